The Kier molecular flexibility index (Phi) is 10.0. The first-order valence-electron chi connectivity index (χ1n) is 11.1. The number of rotatable bonds is 11. The molecule has 0 bridgehead atoms. The highest BCUT2D eigenvalue weighted by Crippen LogP contribution is 2.22. The van der Waals surface area contributed by atoms with Crippen LogP contribution in [0.2, 0.25) is 5.02 Å². The van der Waals surface area contributed by atoms with Crippen molar-refractivity contribution in [1.29, 1.82) is 0 Å². The molecule has 0 aliphatic rings. The summed E-state index contributed by atoms with van der Waals surface area (Å²) in [6.07, 6.45) is 1.13. The molecular weight excluding hydrogens is 500 g/mol. The average Bonchev–Trinajstić information content (AvgIpc) is 2.78. The summed E-state index contributed by atoms with van der Waals surface area (Å²) in [4.78, 5) is 27.7. The summed E-state index contributed by atoms with van der Waals surface area (Å²) >= 11 is 5.96. The summed E-state index contributed by atoms with van der Waals surface area (Å²) < 4.78 is 52.9. The lowest BCUT2D eigenvalue weighted by molar-refractivity contribution is -0.140. The first kappa shape index (κ1) is 28.5. The lowest BCUT2D eigenvalue weighted by Crippen LogP contribution is -2.52. The quantitative estimate of drug-likeness (QED) is 0.477. The van der Waals surface area contributed by atoms with Crippen LogP contribution in [0.15, 0.2) is 42.5 Å². The molecule has 0 fully saturated rings. The molecule has 0 unspecified atom stereocenters. The third kappa shape index (κ3) is 8.17. The number of nitrogens with one attached hydrogen (secondary N) is 1. The van der Waals surface area contributed by atoms with Gasteiger partial charge in [-0.2, -0.15) is 0 Å². The molecule has 0 radical (unpaired) electrons. The van der Waals surface area contributed by atoms with E-state index in [4.69, 9.17) is 11.6 Å². The molecule has 0 aliphatic heterocycles. The molecule has 0 aliphatic carbocycles. The molecule has 7 nitrogen and oxygen atoms in total. The molecule has 0 aromatic heterocycles. The van der Waals surface area contributed by atoms with Gasteiger partial charge in [0.15, 0.2) is 11.6 Å². The van der Waals surface area contributed by atoms with Crippen molar-refractivity contribution in [2.24, 2.45) is 5.92 Å². The Morgan fingerprint density at radius 3 is 2.20 bits per heavy atom. The van der Waals surface area contributed by atoms with Crippen LogP contribution < -0.4 is 9.62 Å². The molecule has 2 rings (SSSR count). The van der Waals surface area contributed by atoms with Crippen molar-refractivity contribution in [3.05, 3.63) is 64.7 Å². The smallest absolute Gasteiger partial charge is 0.244 e. The van der Waals surface area contributed by atoms with Gasteiger partial charge in [-0.15, -0.1) is 0 Å². The number of halogens is 3. The number of sulfonamides is 1. The van der Waals surface area contributed by atoms with E-state index in [0.717, 1.165) is 18.4 Å². The summed E-state index contributed by atoms with van der Waals surface area (Å²) in [5.41, 5.74) is 0.472. The highest BCUT2D eigenvalue weighted by molar-refractivity contribution is 7.92. The first-order chi connectivity index (χ1) is 16.3. The average molecular weight is 530 g/mol. The van der Waals surface area contributed by atoms with Gasteiger partial charge >= 0.3 is 0 Å². The monoisotopic (exact) mass is 529 g/mol. The number of benzene rings is 2. The van der Waals surface area contributed by atoms with Gasteiger partial charge in [-0.05, 0) is 42.2 Å². The Bertz CT molecular complexity index is 1140. The maximum Gasteiger partial charge on any atom is 0.244 e. The van der Waals surface area contributed by atoms with E-state index >= 15 is 0 Å². The summed E-state index contributed by atoms with van der Waals surface area (Å²) in [6.45, 7) is 5.33. The lowest BCUT2D eigenvalue weighted by atomic mass is 10.1. The molecule has 0 spiro atoms. The Balaban J connectivity index is 2.43. The zero-order chi connectivity index (χ0) is 26.3. The van der Waals surface area contributed by atoms with Gasteiger partial charge in [0, 0.05) is 24.2 Å². The van der Waals surface area contributed by atoms with Crippen LogP contribution >= 0.6 is 11.6 Å². The van der Waals surface area contributed by atoms with E-state index in [-0.39, 0.29) is 30.5 Å². The molecule has 2 aromatic rings. The largest absolute Gasteiger partial charge is 0.354 e. The summed E-state index contributed by atoms with van der Waals surface area (Å²) in [5.74, 6) is -3.26. The topological polar surface area (TPSA) is 86.8 Å². The van der Waals surface area contributed by atoms with Gasteiger partial charge in [0.25, 0.3) is 0 Å². The molecule has 0 saturated heterocycles. The molecule has 0 saturated carbocycles. The molecule has 2 aromatic carbocycles. The van der Waals surface area contributed by atoms with Crippen molar-refractivity contribution in [2.75, 3.05) is 23.7 Å². The fraction of sp³-hybridized carbons (Fsp3) is 0.417. The maximum absolute atomic E-state index is 13.8. The third-order valence-corrected chi connectivity index (χ3v) is 6.60. The minimum atomic E-state index is -4.05. The van der Waals surface area contributed by atoms with Gasteiger partial charge in [0.05, 0.1) is 11.9 Å². The van der Waals surface area contributed by atoms with Gasteiger partial charge in [-0.25, -0.2) is 17.2 Å². The Labute approximate surface area is 210 Å². The minimum absolute atomic E-state index is 0.0129. The van der Waals surface area contributed by atoms with Crippen molar-refractivity contribution in [3.8, 4) is 0 Å². The van der Waals surface area contributed by atoms with Crippen molar-refractivity contribution in [2.45, 2.75) is 39.8 Å². The molecule has 1 N–H and O–H groups in total. The minimum Gasteiger partial charge on any atom is -0.354 e. The van der Waals surface area contributed by atoms with E-state index in [9.17, 15) is 26.8 Å². The maximum atomic E-state index is 13.8. The predicted molar refractivity (Wildman–Crippen MR) is 132 cm³/mol. The van der Waals surface area contributed by atoms with Gasteiger partial charge in [-0.1, -0.05) is 44.5 Å². The van der Waals surface area contributed by atoms with Crippen LogP contribution in [0.5, 0.6) is 0 Å². The third-order valence-electron chi connectivity index (χ3n) is 5.21. The van der Waals surface area contributed by atoms with Crippen LogP contribution in [0.4, 0.5) is 14.5 Å². The van der Waals surface area contributed by atoms with Crippen molar-refractivity contribution < 1.29 is 26.8 Å². The number of hydrogen-bond acceptors (Lipinski definition) is 4. The zero-order valence-corrected chi connectivity index (χ0v) is 21.7. The van der Waals surface area contributed by atoms with E-state index in [1.54, 1.807) is 31.2 Å². The van der Waals surface area contributed by atoms with Crippen LogP contribution in [-0.2, 0) is 26.2 Å². The van der Waals surface area contributed by atoms with Crippen LogP contribution in [0.1, 0.15) is 32.8 Å². The van der Waals surface area contributed by atoms with E-state index in [0.29, 0.717) is 27.5 Å². The summed E-state index contributed by atoms with van der Waals surface area (Å²) in [6, 6.07) is 8.36. The molecular formula is C24H30ClF2N3O4S. The Hall–Kier alpha value is -2.72. The van der Waals surface area contributed by atoms with E-state index in [2.05, 4.69) is 5.32 Å². The number of hydrogen-bond donors (Lipinski definition) is 1. The second kappa shape index (κ2) is 12.3. The molecule has 2 amide bonds. The highest BCUT2D eigenvalue weighted by Gasteiger charge is 2.32. The number of carbonyl (C=O) groups is 2. The number of nitrogens with zero attached hydrogens (tertiary/aromatic N) is 2. The second-order valence-corrected chi connectivity index (χ2v) is 10.9. The predicted octanol–water partition coefficient (Wildman–Crippen LogP) is 3.96. The molecule has 192 valence electrons. The fourth-order valence-electron chi connectivity index (χ4n) is 3.38. The second-order valence-electron chi connectivity index (χ2n) is 8.58. The Morgan fingerprint density at radius 1 is 1.06 bits per heavy atom. The number of amides is 2. The van der Waals surface area contributed by atoms with Crippen molar-refractivity contribution in [3.63, 3.8) is 0 Å². The van der Waals surface area contributed by atoms with E-state index in [1.165, 1.54) is 4.90 Å². The first-order valence-corrected chi connectivity index (χ1v) is 13.3. The van der Waals surface area contributed by atoms with E-state index < -0.39 is 40.2 Å². The van der Waals surface area contributed by atoms with Crippen LogP contribution in [0, 0.1) is 17.6 Å². The van der Waals surface area contributed by atoms with Crippen molar-refractivity contribution >= 4 is 39.1 Å². The molecule has 1 atom stereocenters. The van der Waals surface area contributed by atoms with Gasteiger partial charge in [0.2, 0.25) is 21.8 Å². The number of anilines is 1. The molecule has 35 heavy (non-hydrogen) atoms. The van der Waals surface area contributed by atoms with Gasteiger partial charge in [-0.3, -0.25) is 13.9 Å². The summed E-state index contributed by atoms with van der Waals surface area (Å²) in [5, 5.41) is 3.31. The Morgan fingerprint density at radius 2 is 1.69 bits per heavy atom. The van der Waals surface area contributed by atoms with Gasteiger partial charge < -0.3 is 10.2 Å². The highest BCUT2D eigenvalue weighted by atomic mass is 35.5. The van der Waals surface area contributed by atoms with E-state index in [1.807, 2.05) is 13.8 Å². The molecule has 11 heteroatoms. The van der Waals surface area contributed by atoms with Crippen LogP contribution in [-0.4, -0.2) is 50.5 Å². The van der Waals surface area contributed by atoms with Crippen molar-refractivity contribution in [1.82, 2.24) is 10.2 Å². The number of carbonyl (C=O) groups excluding carboxylic acids is 2. The van der Waals surface area contributed by atoms with Crippen LogP contribution in [0.3, 0.4) is 0 Å². The zero-order valence-electron chi connectivity index (χ0n) is 20.1. The molecule has 0 heterocycles. The van der Waals surface area contributed by atoms with Gasteiger partial charge in [0.1, 0.15) is 12.6 Å². The summed E-state index contributed by atoms with van der Waals surface area (Å²) in [7, 11) is -4.05. The fourth-order valence-corrected chi connectivity index (χ4v) is 4.35. The normalized spacial score (nSPS) is 12.3. The van der Waals surface area contributed by atoms with Crippen LogP contribution in [0.25, 0.3) is 0 Å². The SMILES string of the molecule is CC[C@@H](C(=O)NCC(C)C)N(Cc1ccc(Cl)cc1)C(=O)CN(c1ccc(F)c(F)c1)S(C)(=O)=O. The lowest BCUT2D eigenvalue weighted by Gasteiger charge is -2.33. The standard InChI is InChI=1S/C24H30ClF2N3O4S/c1-5-22(24(32)28-13-16(2)3)29(14-17-6-8-18(25)9-7-17)23(31)15-30(35(4,33)34)19-10-11-20(26)21(27)12-19/h6-12,16,22H,5,13-15H2,1-4H3,(H,28,32)/t22-/m0/s1.